The van der Waals surface area contributed by atoms with Gasteiger partial charge >= 0.3 is 0 Å². The van der Waals surface area contributed by atoms with Gasteiger partial charge in [0.05, 0.1) is 12.7 Å². The van der Waals surface area contributed by atoms with Gasteiger partial charge in [-0.3, -0.25) is 4.68 Å². The van der Waals surface area contributed by atoms with Gasteiger partial charge in [0.25, 0.3) is 0 Å². The van der Waals surface area contributed by atoms with Crippen LogP contribution in [-0.2, 0) is 6.54 Å². The van der Waals surface area contributed by atoms with Crippen molar-refractivity contribution < 1.29 is 0 Å². The molecule has 0 unspecified atom stereocenters. The molecule has 110 valence electrons. The Balaban J connectivity index is 1.74. The molecule has 0 bridgehead atoms. The van der Waals surface area contributed by atoms with E-state index >= 15 is 0 Å². The Hall–Kier alpha value is -2.57. The van der Waals surface area contributed by atoms with Crippen LogP contribution in [0.3, 0.4) is 0 Å². The summed E-state index contributed by atoms with van der Waals surface area (Å²) in [7, 11) is 0. The van der Waals surface area contributed by atoms with E-state index < -0.39 is 0 Å². The van der Waals surface area contributed by atoms with Crippen molar-refractivity contribution in [3.05, 3.63) is 37.1 Å². The Morgan fingerprint density at radius 1 is 1.14 bits per heavy atom. The molecule has 3 aromatic heterocycles. The molecule has 0 saturated carbocycles. The molecule has 2 N–H and O–H groups in total. The highest BCUT2D eigenvalue weighted by Crippen LogP contribution is 2.16. The van der Waals surface area contributed by atoms with Crippen molar-refractivity contribution in [2.24, 2.45) is 0 Å². The predicted molar refractivity (Wildman–Crippen MR) is 82.5 cm³/mol. The van der Waals surface area contributed by atoms with Crippen LogP contribution in [0, 0.1) is 0 Å². The van der Waals surface area contributed by atoms with E-state index in [-0.39, 0.29) is 0 Å². The topological polar surface area (TPSA) is 72.1 Å². The Bertz CT molecular complexity index is 686. The Morgan fingerprint density at radius 3 is 2.90 bits per heavy atom. The highest BCUT2D eigenvalue weighted by Gasteiger charge is 2.06. The van der Waals surface area contributed by atoms with Crippen LogP contribution in [0.4, 0.5) is 11.6 Å². The van der Waals surface area contributed by atoms with E-state index in [4.69, 9.17) is 0 Å². The summed E-state index contributed by atoms with van der Waals surface area (Å²) in [5.41, 5.74) is 0.831. The summed E-state index contributed by atoms with van der Waals surface area (Å²) < 4.78 is 3.86. The Kier molecular flexibility index (Phi) is 3.99. The number of imidazole rings is 1. The zero-order valence-electron chi connectivity index (χ0n) is 12.0. The fourth-order valence-corrected chi connectivity index (χ4v) is 2.11. The minimum atomic E-state index is 0.744. The molecule has 3 rings (SSSR count). The highest BCUT2D eigenvalue weighted by atomic mass is 15.3. The molecule has 0 amide bonds. The fraction of sp³-hybridized carbons (Fsp3) is 0.357. The van der Waals surface area contributed by atoms with Crippen LogP contribution in [0.25, 0.3) is 5.65 Å². The second kappa shape index (κ2) is 6.25. The van der Waals surface area contributed by atoms with Gasteiger partial charge in [0.15, 0.2) is 11.5 Å². The number of hydrogen-bond acceptors (Lipinski definition) is 5. The summed E-state index contributed by atoms with van der Waals surface area (Å²) in [6.07, 6.45) is 10.4. The second-order valence-corrected chi connectivity index (χ2v) is 4.76. The van der Waals surface area contributed by atoms with Gasteiger partial charge in [0, 0.05) is 37.9 Å². The van der Waals surface area contributed by atoms with Gasteiger partial charge in [-0.1, -0.05) is 6.92 Å². The molecule has 7 nitrogen and oxygen atoms in total. The lowest BCUT2D eigenvalue weighted by Gasteiger charge is -2.10. The average Bonchev–Trinajstić information content (AvgIpc) is 3.15. The van der Waals surface area contributed by atoms with Crippen molar-refractivity contribution in [2.75, 3.05) is 23.7 Å². The van der Waals surface area contributed by atoms with Gasteiger partial charge in [-0.15, -0.1) is 0 Å². The lowest BCUT2D eigenvalue weighted by molar-refractivity contribution is 0.637. The van der Waals surface area contributed by atoms with E-state index in [1.54, 1.807) is 12.4 Å². The van der Waals surface area contributed by atoms with Gasteiger partial charge in [-0.25, -0.2) is 9.97 Å². The van der Waals surface area contributed by atoms with Crippen molar-refractivity contribution in [3.63, 3.8) is 0 Å². The number of nitrogens with one attached hydrogen (secondary N) is 2. The van der Waals surface area contributed by atoms with E-state index in [1.807, 2.05) is 33.7 Å². The number of hydrogen-bond donors (Lipinski definition) is 2. The number of aromatic nitrogens is 5. The van der Waals surface area contributed by atoms with Gasteiger partial charge in [-0.2, -0.15) is 5.10 Å². The van der Waals surface area contributed by atoms with Crippen molar-refractivity contribution >= 4 is 17.3 Å². The van der Waals surface area contributed by atoms with Crippen molar-refractivity contribution in [1.82, 2.24) is 24.1 Å². The SMILES string of the molecule is CCCNc1cn2ccnc2c(NCCn2cccn2)n1. The first-order valence-corrected chi connectivity index (χ1v) is 7.15. The first-order chi connectivity index (χ1) is 10.4. The number of fused-ring (bicyclic) bond motifs is 1. The highest BCUT2D eigenvalue weighted by molar-refractivity contribution is 5.65. The molecule has 0 aliphatic rings. The minimum absolute atomic E-state index is 0.744. The lowest BCUT2D eigenvalue weighted by Crippen LogP contribution is -2.13. The summed E-state index contributed by atoms with van der Waals surface area (Å²) in [5, 5.41) is 10.8. The largest absolute Gasteiger partial charge is 0.369 e. The van der Waals surface area contributed by atoms with E-state index in [0.29, 0.717) is 0 Å². The molecule has 0 aliphatic carbocycles. The van der Waals surface area contributed by atoms with Crippen LogP contribution in [0.1, 0.15) is 13.3 Å². The molecule has 0 aliphatic heterocycles. The van der Waals surface area contributed by atoms with Crippen LogP contribution in [-0.4, -0.2) is 37.2 Å². The molecule has 0 atom stereocenters. The quantitative estimate of drug-likeness (QED) is 0.693. The van der Waals surface area contributed by atoms with Crippen molar-refractivity contribution in [1.29, 1.82) is 0 Å². The molecular weight excluding hydrogens is 266 g/mol. The summed E-state index contributed by atoms with van der Waals surface area (Å²) >= 11 is 0. The third-order valence-electron chi connectivity index (χ3n) is 3.12. The third kappa shape index (κ3) is 3.13. The van der Waals surface area contributed by atoms with Crippen LogP contribution in [0.2, 0.25) is 0 Å². The lowest BCUT2D eigenvalue weighted by atomic mass is 10.4. The fourth-order valence-electron chi connectivity index (χ4n) is 2.11. The predicted octanol–water partition coefficient (Wildman–Crippen LogP) is 1.86. The molecule has 0 saturated heterocycles. The molecular formula is C14H19N7. The van der Waals surface area contributed by atoms with E-state index in [9.17, 15) is 0 Å². The Morgan fingerprint density at radius 2 is 2.10 bits per heavy atom. The maximum absolute atomic E-state index is 4.59. The molecule has 3 aromatic rings. The normalized spacial score (nSPS) is 10.9. The molecule has 3 heterocycles. The third-order valence-corrected chi connectivity index (χ3v) is 3.12. The Labute approximate surface area is 123 Å². The van der Waals surface area contributed by atoms with E-state index in [1.165, 1.54) is 0 Å². The minimum Gasteiger partial charge on any atom is -0.369 e. The molecule has 0 radical (unpaired) electrons. The van der Waals surface area contributed by atoms with E-state index in [2.05, 4.69) is 32.6 Å². The molecule has 7 heteroatoms. The van der Waals surface area contributed by atoms with E-state index in [0.717, 1.165) is 43.3 Å². The monoisotopic (exact) mass is 285 g/mol. The van der Waals surface area contributed by atoms with Crippen molar-refractivity contribution in [3.8, 4) is 0 Å². The average molecular weight is 285 g/mol. The number of anilines is 2. The van der Waals surface area contributed by atoms with Crippen LogP contribution < -0.4 is 10.6 Å². The summed E-state index contributed by atoms with van der Waals surface area (Å²) in [5.74, 6) is 1.64. The maximum atomic E-state index is 4.59. The molecule has 0 fully saturated rings. The molecule has 21 heavy (non-hydrogen) atoms. The van der Waals surface area contributed by atoms with Gasteiger partial charge in [0.2, 0.25) is 0 Å². The molecule has 0 aromatic carbocycles. The summed E-state index contributed by atoms with van der Waals surface area (Å²) in [6, 6.07) is 1.92. The van der Waals surface area contributed by atoms with Crippen LogP contribution in [0.5, 0.6) is 0 Å². The smallest absolute Gasteiger partial charge is 0.180 e. The summed E-state index contributed by atoms with van der Waals surface area (Å²) in [4.78, 5) is 8.94. The zero-order chi connectivity index (χ0) is 14.5. The number of rotatable bonds is 7. The summed E-state index contributed by atoms with van der Waals surface area (Å²) in [6.45, 7) is 4.56. The van der Waals surface area contributed by atoms with Gasteiger partial charge < -0.3 is 15.0 Å². The first-order valence-electron chi connectivity index (χ1n) is 7.15. The zero-order valence-corrected chi connectivity index (χ0v) is 12.0. The molecule has 0 spiro atoms. The van der Waals surface area contributed by atoms with Crippen LogP contribution >= 0.6 is 0 Å². The van der Waals surface area contributed by atoms with Crippen molar-refractivity contribution in [2.45, 2.75) is 19.9 Å². The maximum Gasteiger partial charge on any atom is 0.180 e. The van der Waals surface area contributed by atoms with Gasteiger partial charge in [0.1, 0.15) is 5.82 Å². The first kappa shape index (κ1) is 13.4. The number of nitrogens with zero attached hydrogens (tertiary/aromatic N) is 5. The van der Waals surface area contributed by atoms with Gasteiger partial charge in [-0.05, 0) is 12.5 Å². The van der Waals surface area contributed by atoms with Crippen LogP contribution in [0.15, 0.2) is 37.1 Å². The standard InChI is InChI=1S/C14H19N7/c1-2-4-15-12-11-20-9-6-17-14(20)13(19-12)16-7-10-21-8-3-5-18-21/h3,5-6,8-9,11,15H,2,4,7,10H2,1H3,(H,16,19). The second-order valence-electron chi connectivity index (χ2n) is 4.76.